The second-order valence-corrected chi connectivity index (χ2v) is 2.55. The lowest BCUT2D eigenvalue weighted by Gasteiger charge is -1.75. The average Bonchev–Trinajstić information content (AvgIpc) is 1.59. The maximum atomic E-state index is 9.84. The van der Waals surface area contributed by atoms with Crippen LogP contribution in [0.4, 0.5) is 0 Å². The Kier molecular flexibility index (Phi) is 2.82. The summed E-state index contributed by atoms with van der Waals surface area (Å²) in [6.45, 7) is 0. The molecule has 0 aromatic rings. The van der Waals surface area contributed by atoms with Gasteiger partial charge in [-0.15, -0.1) is 0 Å². The van der Waals surface area contributed by atoms with Crippen LogP contribution in [0.1, 0.15) is 0 Å². The number of carboxylic acids is 1. The minimum absolute atomic E-state index is 0.251. The molecule has 10 heavy (non-hydrogen) atoms. The molecule has 6 heteroatoms. The first-order chi connectivity index (χ1) is 4.42. The summed E-state index contributed by atoms with van der Waals surface area (Å²) in [4.78, 5) is 9.67. The highest BCUT2D eigenvalue weighted by Crippen LogP contribution is 1.80. The number of rotatable bonds is 2. The topological polar surface area (TPSA) is 91.7 Å². The molecule has 0 rings (SSSR count). The molecule has 0 aromatic heterocycles. The second-order valence-electron chi connectivity index (χ2n) is 1.28. The molecular weight excluding hydrogens is 160 g/mol. The highest BCUT2D eigenvalue weighted by molar-refractivity contribution is 7.88. The minimum Gasteiger partial charge on any atom is -0.478 e. The van der Waals surface area contributed by atoms with E-state index in [1.807, 2.05) is 0 Å². The first-order valence-corrected chi connectivity index (χ1v) is 3.55. The van der Waals surface area contributed by atoms with Crippen molar-refractivity contribution in [2.75, 3.05) is 0 Å². The van der Waals surface area contributed by atoms with Gasteiger partial charge in [-0.25, -0.2) is 4.79 Å². The van der Waals surface area contributed by atoms with Gasteiger partial charge in [0.1, 0.15) is 0 Å². The third-order valence-corrected chi connectivity index (χ3v) is 0.858. The smallest absolute Gasteiger partial charge is 0.336 e. The fourth-order valence-electron chi connectivity index (χ4n) is 0.191. The predicted octanol–water partition coefficient (Wildman–Crippen LogP) is -0.372. The summed E-state index contributed by atoms with van der Waals surface area (Å²) in [5.74, 6) is -1.33. The highest BCUT2D eigenvalue weighted by atomic mass is 32.2. The molecule has 0 fully saturated rings. The van der Waals surface area contributed by atoms with Gasteiger partial charge in [0, 0.05) is 0 Å². The molecule has 0 saturated carbocycles. The molecule has 0 aliphatic heterocycles. The first kappa shape index (κ1) is 8.90. The van der Waals surface area contributed by atoms with Gasteiger partial charge in [-0.05, 0) is 0 Å². The van der Waals surface area contributed by atoms with Crippen molar-refractivity contribution in [2.45, 2.75) is 0 Å². The normalized spacial score (nSPS) is 9.70. The molecule has 0 radical (unpaired) electrons. The molecule has 0 bridgehead atoms. The molecule has 0 atom stereocenters. The fraction of sp³-hybridized carbons (Fsp3) is 0. The summed E-state index contributed by atoms with van der Waals surface area (Å²) < 4.78 is 27.6. The van der Waals surface area contributed by atoms with E-state index in [1.54, 1.807) is 5.73 Å². The van der Waals surface area contributed by atoms with Crippen molar-refractivity contribution in [2.24, 2.45) is 0 Å². The SMILES string of the molecule is O=C(O)C=C=CS(=O)(=O)O. The molecule has 0 heterocycles. The van der Waals surface area contributed by atoms with Crippen LogP contribution in [0.25, 0.3) is 0 Å². The Morgan fingerprint density at radius 1 is 1.50 bits per heavy atom. The summed E-state index contributed by atoms with van der Waals surface area (Å²) in [6.07, 6.45) is 0.466. The number of hydrogen-bond acceptors (Lipinski definition) is 3. The Morgan fingerprint density at radius 3 is 2.30 bits per heavy atom. The van der Waals surface area contributed by atoms with Crippen LogP contribution in [-0.2, 0) is 14.9 Å². The fourth-order valence-corrected chi connectivity index (χ4v) is 0.431. The maximum Gasteiger partial charge on any atom is 0.336 e. The van der Waals surface area contributed by atoms with E-state index in [2.05, 4.69) is 0 Å². The van der Waals surface area contributed by atoms with Crippen molar-refractivity contribution in [3.05, 3.63) is 17.2 Å². The van der Waals surface area contributed by atoms with Gasteiger partial charge < -0.3 is 5.11 Å². The van der Waals surface area contributed by atoms with Crippen LogP contribution >= 0.6 is 0 Å². The Bertz CT molecular complexity index is 279. The zero-order chi connectivity index (χ0) is 8.20. The van der Waals surface area contributed by atoms with Crippen LogP contribution < -0.4 is 0 Å². The zero-order valence-corrected chi connectivity index (χ0v) is 5.50. The van der Waals surface area contributed by atoms with E-state index in [1.165, 1.54) is 0 Å². The molecule has 5 nitrogen and oxygen atoms in total. The Labute approximate surface area is 57.0 Å². The van der Waals surface area contributed by atoms with Crippen LogP contribution in [-0.4, -0.2) is 24.0 Å². The average molecular weight is 164 g/mol. The molecule has 56 valence electrons. The van der Waals surface area contributed by atoms with Crippen LogP contribution in [0, 0.1) is 0 Å². The quantitative estimate of drug-likeness (QED) is 0.330. The summed E-state index contributed by atoms with van der Waals surface area (Å²) in [6, 6.07) is 0. The molecular formula is C4H4O5S. The summed E-state index contributed by atoms with van der Waals surface area (Å²) in [5, 5.41) is 8.15. The van der Waals surface area contributed by atoms with Crippen molar-refractivity contribution in [1.29, 1.82) is 0 Å². The van der Waals surface area contributed by atoms with Crippen LogP contribution in [0.5, 0.6) is 0 Å². The number of carboxylic acid groups (broad SMARTS) is 1. The van der Waals surface area contributed by atoms with Gasteiger partial charge in [0.15, 0.2) is 0 Å². The summed E-state index contributed by atoms with van der Waals surface area (Å²) in [7, 11) is -4.25. The maximum absolute atomic E-state index is 9.84. The van der Waals surface area contributed by atoms with Crippen LogP contribution in [0.2, 0.25) is 0 Å². The van der Waals surface area contributed by atoms with Gasteiger partial charge in [-0.2, -0.15) is 8.42 Å². The Morgan fingerprint density at radius 2 is 2.00 bits per heavy atom. The standard InChI is InChI=1S/C4H4O5S/c5-4(6)2-1-3-10(7,8)9/h2-3H,(H,5,6)(H,7,8,9). The van der Waals surface area contributed by atoms with Gasteiger partial charge in [-0.1, -0.05) is 5.73 Å². The van der Waals surface area contributed by atoms with Gasteiger partial charge in [0.05, 0.1) is 11.5 Å². The molecule has 0 spiro atoms. The third-order valence-electron chi connectivity index (χ3n) is 0.424. The lowest BCUT2D eigenvalue weighted by Crippen LogP contribution is -1.89. The van der Waals surface area contributed by atoms with E-state index in [9.17, 15) is 13.2 Å². The monoisotopic (exact) mass is 164 g/mol. The summed E-state index contributed by atoms with van der Waals surface area (Å²) >= 11 is 0. The minimum atomic E-state index is -4.25. The van der Waals surface area contributed by atoms with E-state index in [0.717, 1.165) is 0 Å². The number of carbonyl (C=O) groups is 1. The lowest BCUT2D eigenvalue weighted by atomic mass is 10.6. The van der Waals surface area contributed by atoms with Crippen molar-refractivity contribution in [3.8, 4) is 0 Å². The molecule has 0 aliphatic carbocycles. The predicted molar refractivity (Wildman–Crippen MR) is 31.8 cm³/mol. The van der Waals surface area contributed by atoms with E-state index in [0.29, 0.717) is 6.08 Å². The summed E-state index contributed by atoms with van der Waals surface area (Å²) in [5.41, 5.74) is 1.74. The Balaban J connectivity index is 4.43. The Hall–Kier alpha value is -1.10. The largest absolute Gasteiger partial charge is 0.478 e. The third kappa shape index (κ3) is 6.90. The first-order valence-electron chi connectivity index (χ1n) is 2.05. The van der Waals surface area contributed by atoms with E-state index >= 15 is 0 Å². The molecule has 0 unspecified atom stereocenters. The second kappa shape index (κ2) is 3.17. The van der Waals surface area contributed by atoms with Crippen molar-refractivity contribution < 1.29 is 22.9 Å². The van der Waals surface area contributed by atoms with Crippen molar-refractivity contribution in [3.63, 3.8) is 0 Å². The van der Waals surface area contributed by atoms with E-state index in [-0.39, 0.29) is 5.41 Å². The molecule has 0 amide bonds. The molecule has 0 aromatic carbocycles. The number of hydrogen-bond donors (Lipinski definition) is 2. The molecule has 0 saturated heterocycles. The van der Waals surface area contributed by atoms with Crippen molar-refractivity contribution in [1.82, 2.24) is 0 Å². The molecule has 2 N–H and O–H groups in total. The highest BCUT2D eigenvalue weighted by Gasteiger charge is 1.92. The van der Waals surface area contributed by atoms with Gasteiger partial charge in [0.25, 0.3) is 10.1 Å². The van der Waals surface area contributed by atoms with Gasteiger partial charge in [0.2, 0.25) is 0 Å². The number of aliphatic carboxylic acids is 1. The zero-order valence-electron chi connectivity index (χ0n) is 4.68. The van der Waals surface area contributed by atoms with E-state index in [4.69, 9.17) is 9.66 Å². The van der Waals surface area contributed by atoms with Gasteiger partial charge >= 0.3 is 5.97 Å². The van der Waals surface area contributed by atoms with Crippen molar-refractivity contribution >= 4 is 16.1 Å². The van der Waals surface area contributed by atoms with Crippen LogP contribution in [0.3, 0.4) is 0 Å². The molecule has 0 aliphatic rings. The van der Waals surface area contributed by atoms with E-state index < -0.39 is 16.1 Å². The lowest BCUT2D eigenvalue weighted by molar-refractivity contribution is -0.131. The van der Waals surface area contributed by atoms with Crippen LogP contribution in [0.15, 0.2) is 17.2 Å². The van der Waals surface area contributed by atoms with Gasteiger partial charge in [-0.3, -0.25) is 4.55 Å².